The van der Waals surface area contributed by atoms with E-state index in [1.807, 2.05) is 19.0 Å². The second kappa shape index (κ2) is 8.44. The quantitative estimate of drug-likeness (QED) is 0.414. The fraction of sp³-hybridized carbons (Fsp3) is 1.00. The van der Waals surface area contributed by atoms with Crippen LogP contribution in [-0.2, 0) is 4.74 Å². The van der Waals surface area contributed by atoms with Crippen LogP contribution in [0.2, 0.25) is 0 Å². The molecule has 0 aromatic heterocycles. The topological polar surface area (TPSA) is 44.7 Å². The van der Waals surface area contributed by atoms with E-state index < -0.39 is 6.23 Å². The Morgan fingerprint density at radius 2 is 2.15 bits per heavy atom. The van der Waals surface area contributed by atoms with Gasteiger partial charge in [0.2, 0.25) is 0 Å². The molecule has 0 aliphatic rings. The number of nitrogens with one attached hydrogen (secondary N) is 1. The van der Waals surface area contributed by atoms with Crippen LogP contribution >= 0.6 is 0 Å². The molecular formula is C9H22N2O2. The van der Waals surface area contributed by atoms with Crippen LogP contribution in [0.25, 0.3) is 0 Å². The van der Waals surface area contributed by atoms with Gasteiger partial charge in [-0.05, 0) is 27.1 Å². The van der Waals surface area contributed by atoms with Crippen molar-refractivity contribution in [2.75, 3.05) is 40.4 Å². The summed E-state index contributed by atoms with van der Waals surface area (Å²) in [5.74, 6) is 0. The minimum Gasteiger partial charge on any atom is -0.376 e. The smallest absolute Gasteiger partial charge is 0.128 e. The molecule has 0 aromatic carbocycles. The Bertz CT molecular complexity index is 110. The van der Waals surface area contributed by atoms with Crippen molar-refractivity contribution in [1.29, 1.82) is 0 Å². The van der Waals surface area contributed by atoms with Gasteiger partial charge in [0, 0.05) is 6.54 Å². The summed E-state index contributed by atoms with van der Waals surface area (Å²) in [7, 11) is 3.99. The lowest BCUT2D eigenvalue weighted by Crippen LogP contribution is -2.34. The van der Waals surface area contributed by atoms with Crippen molar-refractivity contribution in [3.05, 3.63) is 0 Å². The van der Waals surface area contributed by atoms with Crippen molar-refractivity contribution in [3.63, 3.8) is 0 Å². The van der Waals surface area contributed by atoms with Crippen LogP contribution in [0.15, 0.2) is 0 Å². The SMILES string of the molecule is CCCNC(O)COCCN(C)C. The predicted molar refractivity (Wildman–Crippen MR) is 53.7 cm³/mol. The van der Waals surface area contributed by atoms with Gasteiger partial charge < -0.3 is 14.7 Å². The normalized spacial score (nSPS) is 13.6. The van der Waals surface area contributed by atoms with Crippen molar-refractivity contribution in [1.82, 2.24) is 10.2 Å². The second-order valence-electron chi connectivity index (χ2n) is 3.35. The Kier molecular flexibility index (Phi) is 8.33. The van der Waals surface area contributed by atoms with Gasteiger partial charge >= 0.3 is 0 Å². The average Bonchev–Trinajstić information content (AvgIpc) is 2.08. The van der Waals surface area contributed by atoms with Crippen molar-refractivity contribution in [3.8, 4) is 0 Å². The molecule has 2 N–H and O–H groups in total. The number of nitrogens with zero attached hydrogens (tertiary/aromatic N) is 1. The van der Waals surface area contributed by atoms with Gasteiger partial charge in [-0.1, -0.05) is 6.92 Å². The van der Waals surface area contributed by atoms with E-state index in [1.54, 1.807) is 0 Å². The summed E-state index contributed by atoms with van der Waals surface area (Å²) < 4.78 is 5.25. The molecular weight excluding hydrogens is 168 g/mol. The zero-order valence-corrected chi connectivity index (χ0v) is 8.92. The van der Waals surface area contributed by atoms with Gasteiger partial charge in [0.15, 0.2) is 0 Å². The minimum atomic E-state index is -0.526. The standard InChI is InChI=1S/C9H22N2O2/c1-4-5-10-9(12)8-13-7-6-11(2)3/h9-10,12H,4-8H2,1-3H3. The fourth-order valence-electron chi connectivity index (χ4n) is 0.812. The third kappa shape index (κ3) is 9.76. The molecule has 0 rings (SSSR count). The molecule has 0 bridgehead atoms. The lowest BCUT2D eigenvalue weighted by Gasteiger charge is -2.14. The number of hydrogen-bond donors (Lipinski definition) is 2. The van der Waals surface area contributed by atoms with Gasteiger partial charge in [-0.2, -0.15) is 0 Å². The summed E-state index contributed by atoms with van der Waals surface area (Å²) in [5, 5.41) is 12.2. The first kappa shape index (κ1) is 12.8. The van der Waals surface area contributed by atoms with Crippen LogP contribution in [0.3, 0.4) is 0 Å². The van der Waals surface area contributed by atoms with Crippen LogP contribution in [-0.4, -0.2) is 56.6 Å². The van der Waals surface area contributed by atoms with Crippen LogP contribution in [0.4, 0.5) is 0 Å². The molecule has 0 saturated heterocycles. The number of ether oxygens (including phenoxy) is 1. The van der Waals surface area contributed by atoms with Gasteiger partial charge in [0.1, 0.15) is 6.23 Å². The van der Waals surface area contributed by atoms with Gasteiger partial charge in [0.05, 0.1) is 13.2 Å². The summed E-state index contributed by atoms with van der Waals surface area (Å²) in [6, 6.07) is 0. The maximum Gasteiger partial charge on any atom is 0.128 e. The van der Waals surface area contributed by atoms with E-state index in [9.17, 15) is 5.11 Å². The molecule has 4 nitrogen and oxygen atoms in total. The number of aliphatic hydroxyl groups excluding tert-OH is 1. The van der Waals surface area contributed by atoms with E-state index >= 15 is 0 Å². The molecule has 0 aliphatic heterocycles. The van der Waals surface area contributed by atoms with E-state index in [4.69, 9.17) is 4.74 Å². The molecule has 0 aromatic rings. The van der Waals surface area contributed by atoms with E-state index in [2.05, 4.69) is 12.2 Å². The lowest BCUT2D eigenvalue weighted by atomic mass is 10.4. The third-order valence-corrected chi connectivity index (χ3v) is 1.59. The molecule has 13 heavy (non-hydrogen) atoms. The highest BCUT2D eigenvalue weighted by Gasteiger charge is 2.01. The van der Waals surface area contributed by atoms with Gasteiger partial charge in [0.25, 0.3) is 0 Å². The van der Waals surface area contributed by atoms with Crippen LogP contribution in [0.5, 0.6) is 0 Å². The van der Waals surface area contributed by atoms with Gasteiger partial charge in [-0.25, -0.2) is 0 Å². The molecule has 0 aliphatic carbocycles. The summed E-state index contributed by atoms with van der Waals surface area (Å²) in [6.45, 7) is 4.82. The Morgan fingerprint density at radius 1 is 1.46 bits per heavy atom. The van der Waals surface area contributed by atoms with Crippen molar-refractivity contribution in [2.45, 2.75) is 19.6 Å². The van der Waals surface area contributed by atoms with Crippen LogP contribution in [0, 0.1) is 0 Å². The maximum atomic E-state index is 9.30. The number of rotatable bonds is 8. The highest BCUT2D eigenvalue weighted by molar-refractivity contribution is 4.50. The number of aliphatic hydroxyl groups is 1. The first-order valence-electron chi connectivity index (χ1n) is 4.80. The summed E-state index contributed by atoms with van der Waals surface area (Å²) in [6.07, 6.45) is 0.497. The van der Waals surface area contributed by atoms with Crippen molar-refractivity contribution >= 4 is 0 Å². The molecule has 0 amide bonds. The molecule has 0 fully saturated rings. The third-order valence-electron chi connectivity index (χ3n) is 1.59. The molecule has 0 heterocycles. The van der Waals surface area contributed by atoms with Crippen molar-refractivity contribution in [2.24, 2.45) is 0 Å². The first-order chi connectivity index (χ1) is 6.16. The Balaban J connectivity index is 3.12. The average molecular weight is 190 g/mol. The van der Waals surface area contributed by atoms with E-state index in [-0.39, 0.29) is 0 Å². The molecule has 1 unspecified atom stereocenters. The number of hydrogen-bond acceptors (Lipinski definition) is 4. The van der Waals surface area contributed by atoms with E-state index in [0.29, 0.717) is 13.2 Å². The zero-order chi connectivity index (χ0) is 10.1. The summed E-state index contributed by atoms with van der Waals surface area (Å²) in [4.78, 5) is 2.05. The summed E-state index contributed by atoms with van der Waals surface area (Å²) >= 11 is 0. The second-order valence-corrected chi connectivity index (χ2v) is 3.35. The molecule has 0 spiro atoms. The Morgan fingerprint density at radius 3 is 2.69 bits per heavy atom. The van der Waals surface area contributed by atoms with E-state index in [0.717, 1.165) is 19.5 Å². The van der Waals surface area contributed by atoms with E-state index in [1.165, 1.54) is 0 Å². The highest BCUT2D eigenvalue weighted by Crippen LogP contribution is 1.83. The molecule has 0 radical (unpaired) electrons. The molecule has 80 valence electrons. The number of likely N-dealkylation sites (N-methyl/N-ethyl adjacent to an activating group) is 1. The molecule has 1 atom stereocenters. The maximum absolute atomic E-state index is 9.30. The van der Waals surface area contributed by atoms with Crippen molar-refractivity contribution < 1.29 is 9.84 Å². The Labute approximate surface area is 80.9 Å². The summed E-state index contributed by atoms with van der Waals surface area (Å²) in [5.41, 5.74) is 0. The fourth-order valence-corrected chi connectivity index (χ4v) is 0.812. The minimum absolute atomic E-state index is 0.369. The zero-order valence-electron chi connectivity index (χ0n) is 8.92. The highest BCUT2D eigenvalue weighted by atomic mass is 16.5. The van der Waals surface area contributed by atoms with Gasteiger partial charge in [-0.15, -0.1) is 0 Å². The van der Waals surface area contributed by atoms with Crippen LogP contribution < -0.4 is 5.32 Å². The van der Waals surface area contributed by atoms with Crippen LogP contribution in [0.1, 0.15) is 13.3 Å². The molecule has 0 saturated carbocycles. The first-order valence-corrected chi connectivity index (χ1v) is 4.80. The lowest BCUT2D eigenvalue weighted by molar-refractivity contribution is 0.0148. The largest absolute Gasteiger partial charge is 0.376 e. The van der Waals surface area contributed by atoms with Gasteiger partial charge in [-0.3, -0.25) is 5.32 Å². The Hall–Kier alpha value is -0.160. The predicted octanol–water partition coefficient (Wildman–Crippen LogP) is -0.117. The monoisotopic (exact) mass is 190 g/mol. The molecule has 4 heteroatoms.